The normalized spacial score (nSPS) is 16.8. The van der Waals surface area contributed by atoms with Crippen molar-refractivity contribution in [3.05, 3.63) is 52.9 Å². The van der Waals surface area contributed by atoms with Gasteiger partial charge in [-0.05, 0) is 17.7 Å². The molecule has 0 saturated carbocycles. The topological polar surface area (TPSA) is 67.6 Å². The van der Waals surface area contributed by atoms with Crippen LogP contribution in [0.15, 0.2) is 36.7 Å². The number of aromatic nitrogens is 4. The van der Waals surface area contributed by atoms with Crippen molar-refractivity contribution in [1.82, 2.24) is 24.5 Å². The molecular formula is C18H18ClF3N6O. The van der Waals surface area contributed by atoms with Crippen molar-refractivity contribution in [2.75, 3.05) is 38.2 Å². The first-order chi connectivity index (χ1) is 13.9. The van der Waals surface area contributed by atoms with Gasteiger partial charge in [0.25, 0.3) is 5.78 Å². The van der Waals surface area contributed by atoms with E-state index >= 15 is 0 Å². The zero-order valence-electron chi connectivity index (χ0n) is 15.2. The summed E-state index contributed by atoms with van der Waals surface area (Å²) in [6.45, 7) is 3.00. The first-order valence-electron chi connectivity index (χ1n) is 9.01. The summed E-state index contributed by atoms with van der Waals surface area (Å²) in [7, 11) is 0. The van der Waals surface area contributed by atoms with Crippen LogP contribution in [0.5, 0.6) is 0 Å². The zero-order valence-corrected chi connectivity index (χ0v) is 16.0. The molecule has 1 atom stereocenters. The van der Waals surface area contributed by atoms with Gasteiger partial charge >= 0.3 is 6.18 Å². The summed E-state index contributed by atoms with van der Waals surface area (Å²) in [5, 5.41) is 7.70. The van der Waals surface area contributed by atoms with E-state index < -0.39 is 11.9 Å². The Morgan fingerprint density at radius 2 is 1.90 bits per heavy atom. The van der Waals surface area contributed by atoms with Crippen LogP contribution in [0.1, 0.15) is 17.3 Å². The quantitative estimate of drug-likeness (QED) is 0.675. The van der Waals surface area contributed by atoms with Crippen LogP contribution < -0.4 is 5.32 Å². The van der Waals surface area contributed by atoms with E-state index in [1.807, 2.05) is 12.1 Å². The maximum absolute atomic E-state index is 13.2. The van der Waals surface area contributed by atoms with Crippen LogP contribution >= 0.6 is 11.6 Å². The molecule has 1 fully saturated rings. The molecule has 1 aromatic carbocycles. The van der Waals surface area contributed by atoms with Crippen molar-refractivity contribution in [3.8, 4) is 0 Å². The molecule has 0 radical (unpaired) electrons. The molecule has 1 unspecified atom stereocenters. The predicted molar refractivity (Wildman–Crippen MR) is 101 cm³/mol. The molecule has 154 valence electrons. The average Bonchev–Trinajstić information content (AvgIpc) is 3.18. The molecule has 0 aliphatic carbocycles. The van der Waals surface area contributed by atoms with E-state index in [4.69, 9.17) is 16.3 Å². The van der Waals surface area contributed by atoms with E-state index in [1.165, 1.54) is 10.8 Å². The molecule has 1 aliphatic heterocycles. The summed E-state index contributed by atoms with van der Waals surface area (Å²) in [6, 6.07) is 8.30. The van der Waals surface area contributed by atoms with Crippen LogP contribution in [0.3, 0.4) is 0 Å². The van der Waals surface area contributed by atoms with Crippen LogP contribution in [-0.4, -0.2) is 57.3 Å². The Labute approximate surface area is 169 Å². The highest BCUT2D eigenvalue weighted by Crippen LogP contribution is 2.30. The summed E-state index contributed by atoms with van der Waals surface area (Å²) in [5.41, 5.74) is -0.0151. The Hall–Kier alpha value is -2.43. The first kappa shape index (κ1) is 19.9. The van der Waals surface area contributed by atoms with Crippen LogP contribution in [0, 0.1) is 0 Å². The maximum Gasteiger partial charge on any atom is 0.433 e. The van der Waals surface area contributed by atoms with Gasteiger partial charge in [0.15, 0.2) is 5.69 Å². The molecule has 1 N–H and O–H groups in total. The molecule has 2 aromatic heterocycles. The molecule has 11 heteroatoms. The summed E-state index contributed by atoms with van der Waals surface area (Å²) in [6.07, 6.45) is -3.41. The van der Waals surface area contributed by atoms with E-state index in [0.29, 0.717) is 24.8 Å². The number of morpholine rings is 1. The van der Waals surface area contributed by atoms with Gasteiger partial charge in [0.1, 0.15) is 12.1 Å². The van der Waals surface area contributed by atoms with E-state index in [2.05, 4.69) is 25.3 Å². The molecule has 3 heterocycles. The number of nitrogens with one attached hydrogen (secondary N) is 1. The molecular weight excluding hydrogens is 409 g/mol. The lowest BCUT2D eigenvalue weighted by atomic mass is 10.0. The lowest BCUT2D eigenvalue weighted by Gasteiger charge is -2.35. The number of hydrogen-bond acceptors (Lipinski definition) is 6. The van der Waals surface area contributed by atoms with Crippen LogP contribution in [-0.2, 0) is 10.9 Å². The molecule has 0 bridgehead atoms. The van der Waals surface area contributed by atoms with Crippen LogP contribution in [0.2, 0.25) is 5.02 Å². The number of benzene rings is 1. The zero-order chi connectivity index (χ0) is 20.4. The van der Waals surface area contributed by atoms with Gasteiger partial charge in [0.05, 0.1) is 19.3 Å². The maximum atomic E-state index is 13.2. The predicted octanol–water partition coefficient (Wildman–Crippen LogP) is 3.28. The van der Waals surface area contributed by atoms with Gasteiger partial charge in [0, 0.05) is 30.7 Å². The number of halogens is 4. The third-order valence-corrected chi connectivity index (χ3v) is 5.01. The SMILES string of the molecule is FC(F)(F)c1cc(NCC(c2ccc(Cl)cc2)N2CCOCC2)n2ncnc2n1. The number of hydrogen-bond donors (Lipinski definition) is 1. The molecule has 4 rings (SSSR count). The van der Waals surface area contributed by atoms with E-state index in [1.54, 1.807) is 12.1 Å². The van der Waals surface area contributed by atoms with E-state index in [9.17, 15) is 13.2 Å². The second-order valence-corrected chi connectivity index (χ2v) is 7.03. The molecule has 1 saturated heterocycles. The van der Waals surface area contributed by atoms with Crippen molar-refractivity contribution in [3.63, 3.8) is 0 Å². The minimum Gasteiger partial charge on any atom is -0.379 e. The van der Waals surface area contributed by atoms with Gasteiger partial charge in [-0.2, -0.15) is 27.8 Å². The number of rotatable bonds is 5. The third-order valence-electron chi connectivity index (χ3n) is 4.76. The molecule has 0 spiro atoms. The molecule has 3 aromatic rings. The number of alkyl halides is 3. The lowest BCUT2D eigenvalue weighted by Crippen LogP contribution is -2.41. The minimum atomic E-state index is -4.58. The van der Waals surface area contributed by atoms with Crippen molar-refractivity contribution >= 4 is 23.2 Å². The third kappa shape index (κ3) is 4.44. The summed E-state index contributed by atoms with van der Waals surface area (Å²) < 4.78 is 46.3. The fourth-order valence-corrected chi connectivity index (χ4v) is 3.44. The van der Waals surface area contributed by atoms with Crippen molar-refractivity contribution in [1.29, 1.82) is 0 Å². The minimum absolute atomic E-state index is 0.0859. The smallest absolute Gasteiger partial charge is 0.379 e. The van der Waals surface area contributed by atoms with Gasteiger partial charge < -0.3 is 10.1 Å². The van der Waals surface area contributed by atoms with Gasteiger partial charge in [-0.1, -0.05) is 23.7 Å². The molecule has 29 heavy (non-hydrogen) atoms. The van der Waals surface area contributed by atoms with Crippen molar-refractivity contribution in [2.24, 2.45) is 0 Å². The monoisotopic (exact) mass is 426 g/mol. The second kappa shape index (κ2) is 8.13. The lowest BCUT2D eigenvalue weighted by molar-refractivity contribution is -0.141. The Balaban J connectivity index is 1.63. The highest BCUT2D eigenvalue weighted by molar-refractivity contribution is 6.30. The van der Waals surface area contributed by atoms with Gasteiger partial charge in [0.2, 0.25) is 0 Å². The van der Waals surface area contributed by atoms with Gasteiger partial charge in [-0.3, -0.25) is 4.90 Å². The molecule has 7 nitrogen and oxygen atoms in total. The van der Waals surface area contributed by atoms with Crippen LogP contribution in [0.25, 0.3) is 5.78 Å². The standard InChI is InChI=1S/C18H18ClF3N6O/c19-13-3-1-12(2-4-13)14(27-5-7-29-8-6-27)10-23-16-9-15(18(20,21)22)26-17-24-11-25-28(16)17/h1-4,9,11,14,23H,5-8,10H2. The fourth-order valence-electron chi connectivity index (χ4n) is 3.32. The number of nitrogens with zero attached hydrogens (tertiary/aromatic N) is 5. The summed E-state index contributed by atoms with van der Waals surface area (Å²) >= 11 is 6.01. The number of anilines is 1. The highest BCUT2D eigenvalue weighted by Gasteiger charge is 2.34. The summed E-state index contributed by atoms with van der Waals surface area (Å²) in [4.78, 5) is 9.56. The highest BCUT2D eigenvalue weighted by atomic mass is 35.5. The average molecular weight is 427 g/mol. The van der Waals surface area contributed by atoms with Gasteiger partial charge in [-0.15, -0.1) is 0 Å². The Morgan fingerprint density at radius 1 is 1.17 bits per heavy atom. The Morgan fingerprint density at radius 3 is 2.59 bits per heavy atom. The molecule has 0 amide bonds. The van der Waals surface area contributed by atoms with E-state index in [-0.39, 0.29) is 17.6 Å². The Bertz CT molecular complexity index is 972. The summed E-state index contributed by atoms with van der Waals surface area (Å²) in [5.74, 6) is 0.0591. The van der Waals surface area contributed by atoms with Gasteiger partial charge in [-0.25, -0.2) is 4.98 Å². The van der Waals surface area contributed by atoms with Crippen molar-refractivity contribution in [2.45, 2.75) is 12.2 Å². The van der Waals surface area contributed by atoms with Crippen molar-refractivity contribution < 1.29 is 17.9 Å². The molecule has 1 aliphatic rings. The van der Waals surface area contributed by atoms with E-state index in [0.717, 1.165) is 24.7 Å². The second-order valence-electron chi connectivity index (χ2n) is 6.59. The number of ether oxygens (including phenoxy) is 1. The largest absolute Gasteiger partial charge is 0.433 e. The fraction of sp³-hybridized carbons (Fsp3) is 0.389. The number of fused-ring (bicyclic) bond motifs is 1. The first-order valence-corrected chi connectivity index (χ1v) is 9.39. The van der Waals surface area contributed by atoms with Crippen LogP contribution in [0.4, 0.5) is 19.0 Å². The Kier molecular flexibility index (Phi) is 5.57.